The van der Waals surface area contributed by atoms with Crippen molar-refractivity contribution in [3.8, 4) is 5.75 Å². The van der Waals surface area contributed by atoms with Crippen LogP contribution in [-0.4, -0.2) is 62.2 Å². The van der Waals surface area contributed by atoms with E-state index in [1.807, 2.05) is 18.2 Å². The van der Waals surface area contributed by atoms with Crippen molar-refractivity contribution in [1.82, 2.24) is 9.80 Å². The maximum Gasteiger partial charge on any atom is 0.119 e. The number of hydrogen-bond acceptors (Lipinski definition) is 4. The van der Waals surface area contributed by atoms with Gasteiger partial charge in [-0.2, -0.15) is 0 Å². The van der Waals surface area contributed by atoms with Gasteiger partial charge in [-0.15, -0.1) is 0 Å². The second-order valence-corrected chi connectivity index (χ2v) is 8.32. The molecular weight excluding hydrogens is 370 g/mol. The molecule has 0 bridgehead atoms. The van der Waals surface area contributed by atoms with E-state index in [1.54, 1.807) is 7.11 Å². The Kier molecular flexibility index (Phi) is 6.40. The number of piperidine rings is 1. The predicted molar refractivity (Wildman–Crippen MR) is 117 cm³/mol. The first kappa shape index (κ1) is 19.6. The van der Waals surface area contributed by atoms with Crippen molar-refractivity contribution >= 4 is 17.3 Å². The van der Waals surface area contributed by atoms with Crippen LogP contribution in [-0.2, 0) is 6.54 Å². The summed E-state index contributed by atoms with van der Waals surface area (Å²) in [5.41, 5.74) is 2.58. The number of rotatable bonds is 5. The molecule has 4 nitrogen and oxygen atoms in total. The molecule has 0 radical (unpaired) electrons. The van der Waals surface area contributed by atoms with Crippen LogP contribution in [0.2, 0.25) is 5.02 Å². The van der Waals surface area contributed by atoms with E-state index in [0.717, 1.165) is 50.0 Å². The van der Waals surface area contributed by atoms with Gasteiger partial charge in [0.1, 0.15) is 5.75 Å². The molecule has 2 aliphatic rings. The molecule has 0 spiro atoms. The largest absolute Gasteiger partial charge is 0.497 e. The van der Waals surface area contributed by atoms with Crippen molar-refractivity contribution in [2.75, 3.05) is 51.3 Å². The van der Waals surface area contributed by atoms with Gasteiger partial charge >= 0.3 is 0 Å². The van der Waals surface area contributed by atoms with E-state index >= 15 is 0 Å². The van der Waals surface area contributed by atoms with Gasteiger partial charge < -0.3 is 9.64 Å². The summed E-state index contributed by atoms with van der Waals surface area (Å²) < 4.78 is 5.37. The molecule has 2 heterocycles. The van der Waals surface area contributed by atoms with Crippen LogP contribution in [0.25, 0.3) is 0 Å². The number of halogens is 1. The first-order valence-corrected chi connectivity index (χ1v) is 10.7. The van der Waals surface area contributed by atoms with E-state index in [0.29, 0.717) is 6.04 Å². The predicted octanol–water partition coefficient (Wildman–Crippen LogP) is 4.14. The first-order chi connectivity index (χ1) is 13.7. The fourth-order valence-corrected chi connectivity index (χ4v) is 4.70. The fourth-order valence-electron chi connectivity index (χ4n) is 4.52. The molecule has 2 saturated heterocycles. The summed E-state index contributed by atoms with van der Waals surface area (Å²) in [7, 11) is 1.74. The van der Waals surface area contributed by atoms with Crippen molar-refractivity contribution < 1.29 is 4.74 Å². The molecular formula is C23H30ClN3O. The highest BCUT2D eigenvalue weighted by Crippen LogP contribution is 2.24. The van der Waals surface area contributed by atoms with Gasteiger partial charge in [-0.05, 0) is 55.3 Å². The van der Waals surface area contributed by atoms with E-state index in [2.05, 4.69) is 45.0 Å². The maximum atomic E-state index is 6.17. The van der Waals surface area contributed by atoms with Gasteiger partial charge in [-0.3, -0.25) is 9.80 Å². The molecule has 5 heteroatoms. The lowest BCUT2D eigenvalue weighted by molar-refractivity contribution is 0.0887. The maximum absolute atomic E-state index is 6.17. The van der Waals surface area contributed by atoms with E-state index in [1.165, 1.54) is 30.6 Å². The fraction of sp³-hybridized carbons (Fsp3) is 0.478. The molecule has 1 atom stereocenters. The van der Waals surface area contributed by atoms with Crippen LogP contribution in [0.5, 0.6) is 5.75 Å². The van der Waals surface area contributed by atoms with Crippen LogP contribution < -0.4 is 9.64 Å². The van der Waals surface area contributed by atoms with Gasteiger partial charge in [0.2, 0.25) is 0 Å². The Morgan fingerprint density at radius 2 is 1.82 bits per heavy atom. The van der Waals surface area contributed by atoms with E-state index in [4.69, 9.17) is 16.3 Å². The number of hydrogen-bond donors (Lipinski definition) is 0. The van der Waals surface area contributed by atoms with Crippen molar-refractivity contribution in [2.24, 2.45) is 0 Å². The second-order valence-electron chi connectivity index (χ2n) is 7.89. The Hall–Kier alpha value is -1.75. The molecule has 0 N–H and O–H groups in total. The summed E-state index contributed by atoms with van der Waals surface area (Å²) in [5, 5.41) is 0.820. The normalized spacial score (nSPS) is 21.6. The summed E-state index contributed by atoms with van der Waals surface area (Å²) in [6, 6.07) is 17.4. The molecule has 0 saturated carbocycles. The summed E-state index contributed by atoms with van der Waals surface area (Å²) in [6.45, 7) is 7.77. The minimum Gasteiger partial charge on any atom is -0.497 e. The molecule has 2 fully saturated rings. The van der Waals surface area contributed by atoms with Crippen molar-refractivity contribution in [2.45, 2.75) is 25.4 Å². The standard InChI is InChI=1S/C23H30ClN3O/c1-28-23-9-2-5-19(15-23)17-25-10-4-8-22(18-25)27-13-11-26(12-14-27)21-7-3-6-20(24)16-21/h2-3,5-7,9,15-16,22H,4,8,10-14,17-18H2,1H3/t22-/m1/s1. The lowest BCUT2D eigenvalue weighted by Gasteiger charge is -2.44. The molecule has 2 aliphatic heterocycles. The Morgan fingerprint density at radius 3 is 2.61 bits per heavy atom. The van der Waals surface area contributed by atoms with E-state index < -0.39 is 0 Å². The molecule has 4 rings (SSSR count). The van der Waals surface area contributed by atoms with Gasteiger partial charge in [-0.1, -0.05) is 29.8 Å². The van der Waals surface area contributed by atoms with Gasteiger partial charge in [-0.25, -0.2) is 0 Å². The van der Waals surface area contributed by atoms with Crippen molar-refractivity contribution in [3.63, 3.8) is 0 Å². The average molecular weight is 400 g/mol. The lowest BCUT2D eigenvalue weighted by atomic mass is 10.0. The molecule has 0 amide bonds. The molecule has 28 heavy (non-hydrogen) atoms. The highest BCUT2D eigenvalue weighted by atomic mass is 35.5. The number of ether oxygens (including phenoxy) is 1. The molecule has 0 unspecified atom stereocenters. The summed E-state index contributed by atoms with van der Waals surface area (Å²) >= 11 is 6.17. The number of anilines is 1. The highest BCUT2D eigenvalue weighted by Gasteiger charge is 2.28. The Morgan fingerprint density at radius 1 is 1.00 bits per heavy atom. The number of nitrogens with zero attached hydrogens (tertiary/aromatic N) is 3. The Labute approximate surface area is 173 Å². The number of likely N-dealkylation sites (tertiary alicyclic amines) is 1. The van der Waals surface area contributed by atoms with Crippen molar-refractivity contribution in [1.29, 1.82) is 0 Å². The van der Waals surface area contributed by atoms with Gasteiger partial charge in [0, 0.05) is 56.0 Å². The third kappa shape index (κ3) is 4.80. The highest BCUT2D eigenvalue weighted by molar-refractivity contribution is 6.30. The third-order valence-corrected chi connectivity index (χ3v) is 6.26. The topological polar surface area (TPSA) is 19.0 Å². The minimum atomic E-state index is 0.667. The van der Waals surface area contributed by atoms with Gasteiger partial charge in [0.15, 0.2) is 0 Å². The number of methoxy groups -OCH3 is 1. The lowest BCUT2D eigenvalue weighted by Crippen LogP contribution is -2.55. The Balaban J connectivity index is 1.31. The van der Waals surface area contributed by atoms with Crippen LogP contribution >= 0.6 is 11.6 Å². The third-order valence-electron chi connectivity index (χ3n) is 6.02. The molecule has 2 aromatic carbocycles. The van der Waals surface area contributed by atoms with Crippen LogP contribution in [0, 0.1) is 0 Å². The Bertz CT molecular complexity index is 776. The van der Waals surface area contributed by atoms with E-state index in [-0.39, 0.29) is 0 Å². The zero-order valence-corrected chi connectivity index (χ0v) is 17.4. The first-order valence-electron chi connectivity index (χ1n) is 10.3. The monoisotopic (exact) mass is 399 g/mol. The minimum absolute atomic E-state index is 0.667. The summed E-state index contributed by atoms with van der Waals surface area (Å²) in [4.78, 5) is 7.75. The SMILES string of the molecule is COc1cccc(CN2CCC[C@@H](N3CCN(c4cccc(Cl)c4)CC3)C2)c1. The molecule has 0 aromatic heterocycles. The zero-order valence-electron chi connectivity index (χ0n) is 16.7. The van der Waals surface area contributed by atoms with Crippen LogP contribution in [0.1, 0.15) is 18.4 Å². The molecule has 2 aromatic rings. The quantitative estimate of drug-likeness (QED) is 0.752. The second kappa shape index (κ2) is 9.17. The smallest absolute Gasteiger partial charge is 0.119 e. The summed E-state index contributed by atoms with van der Waals surface area (Å²) in [5.74, 6) is 0.947. The average Bonchev–Trinajstić information content (AvgIpc) is 2.74. The van der Waals surface area contributed by atoms with Gasteiger partial charge in [0.25, 0.3) is 0 Å². The number of benzene rings is 2. The zero-order chi connectivity index (χ0) is 19.3. The molecule has 150 valence electrons. The van der Waals surface area contributed by atoms with Crippen LogP contribution in [0.4, 0.5) is 5.69 Å². The van der Waals surface area contributed by atoms with E-state index in [9.17, 15) is 0 Å². The van der Waals surface area contributed by atoms with Gasteiger partial charge in [0.05, 0.1) is 7.11 Å². The van der Waals surface area contributed by atoms with Crippen LogP contribution in [0.3, 0.4) is 0 Å². The van der Waals surface area contributed by atoms with Crippen molar-refractivity contribution in [3.05, 3.63) is 59.1 Å². The number of piperazine rings is 1. The molecule has 0 aliphatic carbocycles. The summed E-state index contributed by atoms with van der Waals surface area (Å²) in [6.07, 6.45) is 2.59. The van der Waals surface area contributed by atoms with Crippen LogP contribution in [0.15, 0.2) is 48.5 Å².